The second-order valence-corrected chi connectivity index (χ2v) is 5.48. The first-order chi connectivity index (χ1) is 10.6. The molecule has 2 aromatic rings. The fourth-order valence-electron chi connectivity index (χ4n) is 2.55. The van der Waals surface area contributed by atoms with Crippen molar-refractivity contribution < 1.29 is 9.18 Å². The van der Waals surface area contributed by atoms with Gasteiger partial charge in [0.1, 0.15) is 5.82 Å². The lowest BCUT2D eigenvalue weighted by molar-refractivity contribution is 0.0596. The summed E-state index contributed by atoms with van der Waals surface area (Å²) in [6.07, 6.45) is 1.45. The van der Waals surface area contributed by atoms with Gasteiger partial charge in [0.15, 0.2) is 5.69 Å². The lowest BCUT2D eigenvalue weighted by Crippen LogP contribution is -2.57. The van der Waals surface area contributed by atoms with E-state index in [1.807, 2.05) is 6.92 Å². The Morgan fingerprint density at radius 1 is 1.32 bits per heavy atom. The van der Waals surface area contributed by atoms with Crippen molar-refractivity contribution in [3.8, 4) is 5.69 Å². The van der Waals surface area contributed by atoms with E-state index in [9.17, 15) is 9.18 Å². The first kappa shape index (κ1) is 14.6. The van der Waals surface area contributed by atoms with Crippen molar-refractivity contribution in [3.63, 3.8) is 0 Å². The number of hydrogen-bond donors (Lipinski definition) is 1. The van der Waals surface area contributed by atoms with Crippen molar-refractivity contribution in [1.82, 2.24) is 25.2 Å². The number of halogens is 1. The molecule has 0 bridgehead atoms. The minimum Gasteiger partial charge on any atom is -0.332 e. The summed E-state index contributed by atoms with van der Waals surface area (Å²) in [6.45, 7) is 5.48. The van der Waals surface area contributed by atoms with Crippen molar-refractivity contribution >= 4 is 5.91 Å². The average molecular weight is 303 g/mol. The zero-order chi connectivity index (χ0) is 15.7. The van der Waals surface area contributed by atoms with Crippen molar-refractivity contribution in [2.24, 2.45) is 0 Å². The Labute approximate surface area is 127 Å². The molecular weight excluding hydrogens is 285 g/mol. The predicted octanol–water partition coefficient (Wildman–Crippen LogP) is 1.23. The summed E-state index contributed by atoms with van der Waals surface area (Å²) in [7, 11) is 0. The SMILES string of the molecule is CC1NCCN(C(=O)c2cnn(-c3ccc(F)cc3)n2)C1C. The van der Waals surface area contributed by atoms with E-state index in [1.165, 1.54) is 23.1 Å². The van der Waals surface area contributed by atoms with Crippen LogP contribution >= 0.6 is 0 Å². The number of nitrogens with one attached hydrogen (secondary N) is 1. The average Bonchev–Trinajstić information content (AvgIpc) is 3.00. The smallest absolute Gasteiger partial charge is 0.276 e. The molecule has 0 aliphatic carbocycles. The van der Waals surface area contributed by atoms with E-state index in [4.69, 9.17) is 0 Å². The molecule has 1 saturated heterocycles. The summed E-state index contributed by atoms with van der Waals surface area (Å²) in [5, 5.41) is 11.6. The van der Waals surface area contributed by atoms with E-state index in [-0.39, 0.29) is 23.8 Å². The molecule has 1 aromatic heterocycles. The molecule has 3 rings (SSSR count). The maximum Gasteiger partial charge on any atom is 0.276 e. The largest absolute Gasteiger partial charge is 0.332 e. The van der Waals surface area contributed by atoms with E-state index in [2.05, 4.69) is 22.4 Å². The van der Waals surface area contributed by atoms with Crippen LogP contribution in [0.3, 0.4) is 0 Å². The first-order valence-corrected chi connectivity index (χ1v) is 7.29. The lowest BCUT2D eigenvalue weighted by Gasteiger charge is -2.38. The minimum atomic E-state index is -0.323. The third-order valence-electron chi connectivity index (χ3n) is 4.06. The molecule has 2 heterocycles. The summed E-state index contributed by atoms with van der Waals surface area (Å²) in [4.78, 5) is 15.7. The number of carbonyl (C=O) groups is 1. The summed E-state index contributed by atoms with van der Waals surface area (Å²) in [5.41, 5.74) is 0.910. The van der Waals surface area contributed by atoms with Crippen molar-refractivity contribution in [1.29, 1.82) is 0 Å². The number of amides is 1. The highest BCUT2D eigenvalue weighted by Gasteiger charge is 2.30. The van der Waals surface area contributed by atoms with Gasteiger partial charge in [0, 0.05) is 25.2 Å². The third kappa shape index (κ3) is 2.71. The van der Waals surface area contributed by atoms with Gasteiger partial charge in [-0.25, -0.2) is 4.39 Å². The molecule has 1 aromatic carbocycles. The number of piperazine rings is 1. The molecule has 0 spiro atoms. The quantitative estimate of drug-likeness (QED) is 0.906. The van der Waals surface area contributed by atoms with Gasteiger partial charge in [-0.05, 0) is 38.1 Å². The predicted molar refractivity (Wildman–Crippen MR) is 79.3 cm³/mol. The molecular formula is C15H18FN5O. The van der Waals surface area contributed by atoms with Gasteiger partial charge in [0.05, 0.1) is 11.9 Å². The maximum absolute atomic E-state index is 12.9. The van der Waals surface area contributed by atoms with Gasteiger partial charge < -0.3 is 10.2 Å². The van der Waals surface area contributed by atoms with Crippen LogP contribution in [0.1, 0.15) is 24.3 Å². The lowest BCUT2D eigenvalue weighted by atomic mass is 10.1. The molecule has 2 atom stereocenters. The molecule has 116 valence electrons. The Kier molecular flexibility index (Phi) is 3.89. The van der Waals surface area contributed by atoms with Gasteiger partial charge >= 0.3 is 0 Å². The van der Waals surface area contributed by atoms with Gasteiger partial charge in [0.25, 0.3) is 5.91 Å². The van der Waals surface area contributed by atoms with E-state index >= 15 is 0 Å². The van der Waals surface area contributed by atoms with E-state index < -0.39 is 0 Å². The van der Waals surface area contributed by atoms with Crippen LogP contribution in [0.15, 0.2) is 30.5 Å². The second-order valence-electron chi connectivity index (χ2n) is 5.48. The van der Waals surface area contributed by atoms with Gasteiger partial charge in [-0.2, -0.15) is 9.90 Å². The van der Waals surface area contributed by atoms with E-state index in [1.54, 1.807) is 17.0 Å². The Morgan fingerprint density at radius 2 is 2.05 bits per heavy atom. The summed E-state index contributed by atoms with van der Waals surface area (Å²) in [5.74, 6) is -0.454. The van der Waals surface area contributed by atoms with Crippen LogP contribution in [-0.2, 0) is 0 Å². The molecule has 1 amide bonds. The van der Waals surface area contributed by atoms with E-state index in [0.717, 1.165) is 6.54 Å². The minimum absolute atomic E-state index is 0.0946. The highest BCUT2D eigenvalue weighted by molar-refractivity contribution is 5.92. The van der Waals surface area contributed by atoms with Crippen LogP contribution in [0.25, 0.3) is 5.69 Å². The Balaban J connectivity index is 1.81. The number of rotatable bonds is 2. The van der Waals surface area contributed by atoms with Crippen molar-refractivity contribution in [3.05, 3.63) is 42.0 Å². The first-order valence-electron chi connectivity index (χ1n) is 7.29. The standard InChI is InChI=1S/C15H18FN5O/c1-10-11(2)20(8-7-17-10)15(22)14-9-18-21(19-14)13-5-3-12(16)4-6-13/h3-6,9-11,17H,7-8H2,1-2H3. The van der Waals surface area contributed by atoms with Crippen LogP contribution in [-0.4, -0.2) is 51.0 Å². The molecule has 6 nitrogen and oxygen atoms in total. The van der Waals surface area contributed by atoms with Gasteiger partial charge in [-0.3, -0.25) is 4.79 Å². The van der Waals surface area contributed by atoms with Crippen molar-refractivity contribution in [2.75, 3.05) is 13.1 Å². The number of hydrogen-bond acceptors (Lipinski definition) is 4. The van der Waals surface area contributed by atoms with Crippen LogP contribution in [0, 0.1) is 5.82 Å². The van der Waals surface area contributed by atoms with Gasteiger partial charge in [-0.1, -0.05) is 0 Å². The van der Waals surface area contributed by atoms with Crippen LogP contribution in [0.2, 0.25) is 0 Å². The zero-order valence-electron chi connectivity index (χ0n) is 12.5. The number of benzene rings is 1. The topological polar surface area (TPSA) is 63.1 Å². The van der Waals surface area contributed by atoms with Crippen LogP contribution in [0.4, 0.5) is 4.39 Å². The Hall–Kier alpha value is -2.28. The van der Waals surface area contributed by atoms with E-state index in [0.29, 0.717) is 17.9 Å². The van der Waals surface area contributed by atoms with Gasteiger partial charge in [-0.15, -0.1) is 5.10 Å². The van der Waals surface area contributed by atoms with Crippen LogP contribution in [0.5, 0.6) is 0 Å². The summed E-state index contributed by atoms with van der Waals surface area (Å²) >= 11 is 0. The van der Waals surface area contributed by atoms with Crippen LogP contribution < -0.4 is 5.32 Å². The Morgan fingerprint density at radius 3 is 2.77 bits per heavy atom. The highest BCUT2D eigenvalue weighted by atomic mass is 19.1. The fraction of sp³-hybridized carbons (Fsp3) is 0.400. The molecule has 22 heavy (non-hydrogen) atoms. The molecule has 0 saturated carbocycles. The molecule has 1 aliphatic heterocycles. The number of nitrogens with zero attached hydrogens (tertiary/aromatic N) is 4. The van der Waals surface area contributed by atoms with Crippen molar-refractivity contribution in [2.45, 2.75) is 25.9 Å². The fourth-order valence-corrected chi connectivity index (χ4v) is 2.55. The molecule has 0 radical (unpaired) electrons. The monoisotopic (exact) mass is 303 g/mol. The number of aromatic nitrogens is 3. The number of carbonyl (C=O) groups excluding carboxylic acids is 1. The second kappa shape index (κ2) is 5.84. The summed E-state index contributed by atoms with van der Waals surface area (Å²) in [6, 6.07) is 6.14. The Bertz CT molecular complexity index is 669. The molecule has 7 heteroatoms. The van der Waals surface area contributed by atoms with Gasteiger partial charge in [0.2, 0.25) is 0 Å². The highest BCUT2D eigenvalue weighted by Crippen LogP contribution is 2.13. The summed E-state index contributed by atoms with van der Waals surface area (Å²) < 4.78 is 12.9. The molecule has 1 N–H and O–H groups in total. The molecule has 1 fully saturated rings. The maximum atomic E-state index is 12.9. The zero-order valence-corrected chi connectivity index (χ0v) is 12.5. The molecule has 1 aliphatic rings. The molecule has 2 unspecified atom stereocenters. The normalized spacial score (nSPS) is 21.9. The third-order valence-corrected chi connectivity index (χ3v) is 4.06.